The zero-order chi connectivity index (χ0) is 21.0. The highest BCUT2D eigenvalue weighted by Crippen LogP contribution is 2.41. The number of hydrogen-bond donors (Lipinski definition) is 0. The summed E-state index contributed by atoms with van der Waals surface area (Å²) in [5.74, 6) is -1.53. The highest BCUT2D eigenvalue weighted by atomic mass is 19.1. The SMILES string of the molecule is CCOC(=O)c1ncn(C(c2ccccc2)(c2ccccc2)c2ccccc2)c1F. The summed E-state index contributed by atoms with van der Waals surface area (Å²) >= 11 is 0. The summed E-state index contributed by atoms with van der Waals surface area (Å²) in [5, 5.41) is 0. The minimum Gasteiger partial charge on any atom is -0.461 e. The van der Waals surface area contributed by atoms with E-state index in [4.69, 9.17) is 4.74 Å². The maximum atomic E-state index is 15.8. The van der Waals surface area contributed by atoms with Gasteiger partial charge in [0.2, 0.25) is 11.6 Å². The molecule has 0 aliphatic carbocycles. The molecule has 0 fully saturated rings. The lowest BCUT2D eigenvalue weighted by molar-refractivity contribution is 0.0513. The fourth-order valence-corrected chi connectivity index (χ4v) is 3.86. The summed E-state index contributed by atoms with van der Waals surface area (Å²) in [4.78, 5) is 16.4. The van der Waals surface area contributed by atoms with Crippen LogP contribution in [-0.2, 0) is 10.3 Å². The number of carbonyl (C=O) groups excluding carboxylic acids is 1. The molecule has 150 valence electrons. The molecule has 0 aliphatic rings. The Morgan fingerprint density at radius 2 is 1.30 bits per heavy atom. The highest BCUT2D eigenvalue weighted by Gasteiger charge is 2.41. The van der Waals surface area contributed by atoms with Gasteiger partial charge in [-0.05, 0) is 23.6 Å². The van der Waals surface area contributed by atoms with Crippen LogP contribution in [0.3, 0.4) is 0 Å². The molecule has 4 rings (SSSR count). The first-order valence-corrected chi connectivity index (χ1v) is 9.76. The van der Waals surface area contributed by atoms with Crippen molar-refractivity contribution < 1.29 is 13.9 Å². The van der Waals surface area contributed by atoms with Gasteiger partial charge in [0, 0.05) is 0 Å². The van der Waals surface area contributed by atoms with Gasteiger partial charge in [-0.1, -0.05) is 91.0 Å². The first kappa shape index (κ1) is 19.6. The van der Waals surface area contributed by atoms with Crippen LogP contribution in [0.5, 0.6) is 0 Å². The first-order chi connectivity index (χ1) is 14.7. The van der Waals surface area contributed by atoms with Gasteiger partial charge < -0.3 is 4.74 Å². The number of ether oxygens (including phenoxy) is 1. The van der Waals surface area contributed by atoms with Crippen molar-refractivity contribution in [3.63, 3.8) is 0 Å². The number of aromatic nitrogens is 2. The van der Waals surface area contributed by atoms with Gasteiger partial charge in [-0.2, -0.15) is 4.39 Å². The Morgan fingerprint density at radius 3 is 1.70 bits per heavy atom. The maximum Gasteiger partial charge on any atom is 0.361 e. The number of carbonyl (C=O) groups is 1. The number of hydrogen-bond acceptors (Lipinski definition) is 3. The number of benzene rings is 3. The summed E-state index contributed by atoms with van der Waals surface area (Å²) < 4.78 is 22.2. The number of imidazole rings is 1. The summed E-state index contributed by atoms with van der Waals surface area (Å²) in [6.07, 6.45) is 1.37. The molecule has 1 aromatic heterocycles. The molecule has 0 bridgehead atoms. The van der Waals surface area contributed by atoms with Crippen LogP contribution in [0, 0.1) is 5.95 Å². The quantitative estimate of drug-likeness (QED) is 0.336. The molecular weight excluding hydrogens is 379 g/mol. The van der Waals surface area contributed by atoms with Crippen molar-refractivity contribution in [2.75, 3.05) is 6.61 Å². The Morgan fingerprint density at radius 1 is 0.867 bits per heavy atom. The predicted octanol–water partition coefficient (Wildman–Crippen LogP) is 5.04. The van der Waals surface area contributed by atoms with E-state index in [1.165, 1.54) is 10.9 Å². The largest absolute Gasteiger partial charge is 0.461 e. The molecule has 0 atom stereocenters. The normalized spacial score (nSPS) is 11.3. The number of halogens is 1. The minimum absolute atomic E-state index is 0.145. The summed E-state index contributed by atoms with van der Waals surface area (Å²) in [7, 11) is 0. The van der Waals surface area contributed by atoms with Crippen LogP contribution < -0.4 is 0 Å². The van der Waals surface area contributed by atoms with Gasteiger partial charge in [-0.3, -0.25) is 4.57 Å². The van der Waals surface area contributed by atoms with Crippen molar-refractivity contribution in [2.24, 2.45) is 0 Å². The van der Waals surface area contributed by atoms with Crippen LogP contribution in [0.25, 0.3) is 0 Å². The fourth-order valence-electron chi connectivity index (χ4n) is 3.86. The van der Waals surface area contributed by atoms with E-state index in [9.17, 15) is 4.79 Å². The van der Waals surface area contributed by atoms with Crippen molar-refractivity contribution >= 4 is 5.97 Å². The standard InChI is InChI=1S/C25H21FN2O2/c1-2-30-24(29)22-23(26)28(18-27-22)25(19-12-6-3-7-13-19,20-14-8-4-9-15-20)21-16-10-5-11-17-21/h3-18H,2H2,1H3. The van der Waals surface area contributed by atoms with Crippen LogP contribution in [-0.4, -0.2) is 22.1 Å². The molecule has 0 amide bonds. The van der Waals surface area contributed by atoms with E-state index < -0.39 is 17.5 Å². The van der Waals surface area contributed by atoms with Crippen LogP contribution in [0.2, 0.25) is 0 Å². The summed E-state index contributed by atoms with van der Waals surface area (Å²) in [6, 6.07) is 28.9. The Balaban J connectivity index is 2.08. The molecule has 0 radical (unpaired) electrons. The number of esters is 1. The van der Waals surface area contributed by atoms with Crippen molar-refractivity contribution in [1.82, 2.24) is 9.55 Å². The molecule has 0 saturated heterocycles. The molecule has 3 aromatic carbocycles. The molecule has 1 heterocycles. The van der Waals surface area contributed by atoms with Crippen LogP contribution in [0.1, 0.15) is 34.1 Å². The van der Waals surface area contributed by atoms with Gasteiger partial charge in [0.15, 0.2) is 0 Å². The Kier molecular flexibility index (Phi) is 5.44. The van der Waals surface area contributed by atoms with Gasteiger partial charge in [0.25, 0.3) is 0 Å². The molecule has 5 heteroatoms. The number of rotatable bonds is 6. The molecule has 0 N–H and O–H groups in total. The molecule has 30 heavy (non-hydrogen) atoms. The van der Waals surface area contributed by atoms with Gasteiger partial charge in [-0.15, -0.1) is 0 Å². The van der Waals surface area contributed by atoms with Crippen molar-refractivity contribution in [3.05, 3.63) is 126 Å². The lowest BCUT2D eigenvalue weighted by Gasteiger charge is -2.37. The van der Waals surface area contributed by atoms with E-state index in [-0.39, 0.29) is 12.3 Å². The third-order valence-corrected chi connectivity index (χ3v) is 5.11. The van der Waals surface area contributed by atoms with E-state index in [2.05, 4.69) is 4.98 Å². The third kappa shape index (κ3) is 3.18. The smallest absolute Gasteiger partial charge is 0.361 e. The second kappa shape index (κ2) is 8.33. The van der Waals surface area contributed by atoms with Crippen LogP contribution >= 0.6 is 0 Å². The van der Waals surface area contributed by atoms with E-state index >= 15 is 4.39 Å². The molecule has 0 spiro atoms. The topological polar surface area (TPSA) is 44.1 Å². The third-order valence-electron chi connectivity index (χ3n) is 5.11. The fraction of sp³-hybridized carbons (Fsp3) is 0.120. The lowest BCUT2D eigenvalue weighted by atomic mass is 9.76. The van der Waals surface area contributed by atoms with Gasteiger partial charge in [-0.25, -0.2) is 9.78 Å². The van der Waals surface area contributed by atoms with Crippen molar-refractivity contribution in [2.45, 2.75) is 12.5 Å². The van der Waals surface area contributed by atoms with Crippen molar-refractivity contribution in [1.29, 1.82) is 0 Å². The molecule has 0 saturated carbocycles. The molecule has 4 aromatic rings. The van der Waals surface area contributed by atoms with E-state index in [1.54, 1.807) is 6.92 Å². The Hall–Kier alpha value is -3.73. The van der Waals surface area contributed by atoms with Crippen LogP contribution in [0.4, 0.5) is 4.39 Å². The summed E-state index contributed by atoms with van der Waals surface area (Å²) in [6.45, 7) is 1.82. The average Bonchev–Trinajstić information content (AvgIpc) is 3.19. The highest BCUT2D eigenvalue weighted by molar-refractivity contribution is 5.87. The average molecular weight is 400 g/mol. The van der Waals surface area contributed by atoms with E-state index in [0.29, 0.717) is 0 Å². The molecule has 0 aliphatic heterocycles. The van der Waals surface area contributed by atoms with Gasteiger partial charge in [0.05, 0.1) is 12.9 Å². The number of nitrogens with zero attached hydrogens (tertiary/aromatic N) is 2. The molecule has 4 nitrogen and oxygen atoms in total. The Bertz CT molecular complexity index is 1030. The monoisotopic (exact) mass is 400 g/mol. The van der Waals surface area contributed by atoms with Gasteiger partial charge in [0.1, 0.15) is 5.54 Å². The maximum absolute atomic E-state index is 15.8. The van der Waals surface area contributed by atoms with Gasteiger partial charge >= 0.3 is 5.97 Å². The Labute approximate surface area is 174 Å². The molecular formula is C25H21FN2O2. The molecule has 0 unspecified atom stereocenters. The predicted molar refractivity (Wildman–Crippen MR) is 113 cm³/mol. The van der Waals surface area contributed by atoms with Crippen molar-refractivity contribution in [3.8, 4) is 0 Å². The second-order valence-corrected chi connectivity index (χ2v) is 6.78. The summed E-state index contributed by atoms with van der Waals surface area (Å²) in [5.41, 5.74) is 1.13. The lowest BCUT2D eigenvalue weighted by Crippen LogP contribution is -2.38. The first-order valence-electron chi connectivity index (χ1n) is 9.76. The zero-order valence-corrected chi connectivity index (χ0v) is 16.5. The minimum atomic E-state index is -1.06. The van der Waals surface area contributed by atoms with E-state index in [1.807, 2.05) is 91.0 Å². The second-order valence-electron chi connectivity index (χ2n) is 6.78. The van der Waals surface area contributed by atoms with Crippen LogP contribution in [0.15, 0.2) is 97.3 Å². The van der Waals surface area contributed by atoms with E-state index in [0.717, 1.165) is 16.7 Å². The zero-order valence-electron chi connectivity index (χ0n) is 16.5.